The van der Waals surface area contributed by atoms with Crippen molar-refractivity contribution in [2.75, 3.05) is 38.2 Å². The second-order valence-electron chi connectivity index (χ2n) is 6.69. The van der Waals surface area contributed by atoms with Crippen molar-refractivity contribution in [3.63, 3.8) is 0 Å². The molecule has 0 aliphatic rings. The summed E-state index contributed by atoms with van der Waals surface area (Å²) in [5.41, 5.74) is 8.90. The monoisotopic (exact) mass is 362 g/mol. The molecule has 132 valence electrons. The first-order valence-corrected chi connectivity index (χ1v) is 9.50. The van der Waals surface area contributed by atoms with E-state index in [4.69, 9.17) is 10.7 Å². The lowest BCUT2D eigenvalue weighted by atomic mass is 10.1. The lowest BCUT2D eigenvalue weighted by molar-refractivity contribution is 0.425. The van der Waals surface area contributed by atoms with E-state index in [0.717, 1.165) is 35.5 Å². The fraction of sp³-hybridized carbons (Fsp3) is 0.190. The molecular formula is C21H22N4S. The van der Waals surface area contributed by atoms with Crippen LogP contribution in [-0.2, 0) is 0 Å². The lowest BCUT2D eigenvalue weighted by Gasteiger charge is -2.12. The van der Waals surface area contributed by atoms with Gasteiger partial charge in [0.05, 0.1) is 5.52 Å². The maximum atomic E-state index is 5.99. The van der Waals surface area contributed by atoms with Crippen LogP contribution < -0.4 is 11.1 Å². The van der Waals surface area contributed by atoms with Gasteiger partial charge in [0.25, 0.3) is 0 Å². The molecule has 0 atom stereocenters. The first kappa shape index (κ1) is 16.8. The minimum absolute atomic E-state index is 0.739. The molecule has 2 aromatic heterocycles. The van der Waals surface area contributed by atoms with Gasteiger partial charge in [-0.25, -0.2) is 4.98 Å². The summed E-state index contributed by atoms with van der Waals surface area (Å²) in [4.78, 5) is 8.28. The quantitative estimate of drug-likeness (QED) is 0.507. The molecule has 4 nitrogen and oxygen atoms in total. The van der Waals surface area contributed by atoms with Crippen LogP contribution >= 0.6 is 11.3 Å². The number of benzene rings is 2. The average molecular weight is 363 g/mol. The van der Waals surface area contributed by atoms with Crippen molar-refractivity contribution in [1.29, 1.82) is 0 Å². The van der Waals surface area contributed by atoms with E-state index in [0.29, 0.717) is 0 Å². The second kappa shape index (κ2) is 6.94. The number of rotatable bonds is 5. The SMILES string of the molecule is CN(C)CCNc1nc2cc(N)ccc2c2sc(-c3ccccc3)cc12. The van der Waals surface area contributed by atoms with Crippen LogP contribution in [0.5, 0.6) is 0 Å². The maximum Gasteiger partial charge on any atom is 0.135 e. The Bertz CT molecular complexity index is 1050. The average Bonchev–Trinajstić information content (AvgIpc) is 3.07. The number of nitrogens with zero attached hydrogens (tertiary/aromatic N) is 2. The lowest BCUT2D eigenvalue weighted by Crippen LogP contribution is -2.21. The summed E-state index contributed by atoms with van der Waals surface area (Å²) in [6.07, 6.45) is 0. The summed E-state index contributed by atoms with van der Waals surface area (Å²) >= 11 is 1.81. The van der Waals surface area contributed by atoms with Crippen molar-refractivity contribution >= 4 is 43.8 Å². The highest BCUT2D eigenvalue weighted by molar-refractivity contribution is 7.23. The Morgan fingerprint density at radius 3 is 2.62 bits per heavy atom. The number of nitrogens with one attached hydrogen (secondary N) is 1. The van der Waals surface area contributed by atoms with Gasteiger partial charge in [-0.2, -0.15) is 0 Å². The highest BCUT2D eigenvalue weighted by atomic mass is 32.1. The van der Waals surface area contributed by atoms with E-state index in [1.807, 2.05) is 29.5 Å². The minimum Gasteiger partial charge on any atom is -0.399 e. The highest BCUT2D eigenvalue weighted by Crippen LogP contribution is 2.40. The van der Waals surface area contributed by atoms with Crippen molar-refractivity contribution < 1.29 is 0 Å². The third kappa shape index (κ3) is 3.23. The molecule has 0 radical (unpaired) electrons. The van der Waals surface area contributed by atoms with Crippen LogP contribution in [0.2, 0.25) is 0 Å². The van der Waals surface area contributed by atoms with Gasteiger partial charge in [-0.3, -0.25) is 0 Å². The number of thiophene rings is 1. The van der Waals surface area contributed by atoms with E-state index in [1.54, 1.807) is 0 Å². The number of likely N-dealkylation sites (N-methyl/N-ethyl adjacent to an activating group) is 1. The minimum atomic E-state index is 0.739. The standard InChI is InChI=1S/C21H22N4S/c1-25(2)11-10-23-21-17-13-19(14-6-4-3-5-7-14)26-20(17)16-9-8-15(22)12-18(16)24-21/h3-9,12-13H,10-11,22H2,1-2H3,(H,23,24). The summed E-state index contributed by atoms with van der Waals surface area (Å²) in [6.45, 7) is 1.80. The number of nitrogens with two attached hydrogens (primary N) is 1. The van der Waals surface area contributed by atoms with Gasteiger partial charge < -0.3 is 16.0 Å². The molecule has 0 fully saturated rings. The van der Waals surface area contributed by atoms with Crippen LogP contribution in [0.1, 0.15) is 0 Å². The Labute approximate surface area is 157 Å². The molecule has 0 aliphatic carbocycles. The first-order valence-electron chi connectivity index (χ1n) is 8.68. The number of hydrogen-bond donors (Lipinski definition) is 2. The van der Waals surface area contributed by atoms with Gasteiger partial charge >= 0.3 is 0 Å². The molecule has 0 bridgehead atoms. The van der Waals surface area contributed by atoms with Crippen LogP contribution in [0.3, 0.4) is 0 Å². The second-order valence-corrected chi connectivity index (χ2v) is 7.74. The molecule has 0 unspecified atom stereocenters. The van der Waals surface area contributed by atoms with Crippen LogP contribution in [0.25, 0.3) is 31.4 Å². The van der Waals surface area contributed by atoms with E-state index >= 15 is 0 Å². The van der Waals surface area contributed by atoms with Gasteiger partial charge in [-0.1, -0.05) is 30.3 Å². The third-order valence-electron chi connectivity index (χ3n) is 4.40. The van der Waals surface area contributed by atoms with Crippen molar-refractivity contribution in [2.45, 2.75) is 0 Å². The molecule has 0 aliphatic heterocycles. The van der Waals surface area contributed by atoms with E-state index < -0.39 is 0 Å². The van der Waals surface area contributed by atoms with Gasteiger partial charge in [-0.05, 0) is 43.9 Å². The zero-order valence-electron chi connectivity index (χ0n) is 15.0. The number of nitrogen functional groups attached to an aromatic ring is 1. The summed E-state index contributed by atoms with van der Waals surface area (Å²) in [7, 11) is 4.15. The molecule has 2 heterocycles. The van der Waals surface area contributed by atoms with Crippen LogP contribution in [0.4, 0.5) is 11.5 Å². The Morgan fingerprint density at radius 2 is 1.85 bits per heavy atom. The summed E-state index contributed by atoms with van der Waals surface area (Å²) < 4.78 is 1.25. The van der Waals surface area contributed by atoms with E-state index in [2.05, 4.69) is 60.7 Å². The zero-order valence-corrected chi connectivity index (χ0v) is 15.8. The van der Waals surface area contributed by atoms with E-state index in [-0.39, 0.29) is 0 Å². The number of fused-ring (bicyclic) bond motifs is 3. The van der Waals surface area contributed by atoms with Crippen molar-refractivity contribution in [3.8, 4) is 10.4 Å². The topological polar surface area (TPSA) is 54.2 Å². The van der Waals surface area contributed by atoms with Crippen LogP contribution in [0.15, 0.2) is 54.6 Å². The molecule has 0 amide bonds. The molecule has 4 rings (SSSR count). The van der Waals surface area contributed by atoms with E-state index in [1.165, 1.54) is 20.5 Å². The van der Waals surface area contributed by atoms with Gasteiger partial charge in [0.2, 0.25) is 0 Å². The predicted molar refractivity (Wildman–Crippen MR) is 114 cm³/mol. The molecule has 0 saturated heterocycles. The molecule has 5 heteroatoms. The molecule has 4 aromatic rings. The van der Waals surface area contributed by atoms with Crippen LogP contribution in [-0.4, -0.2) is 37.1 Å². The normalized spacial score (nSPS) is 11.5. The van der Waals surface area contributed by atoms with Crippen molar-refractivity contribution in [2.24, 2.45) is 0 Å². The smallest absolute Gasteiger partial charge is 0.135 e. The zero-order chi connectivity index (χ0) is 18.1. The molecule has 2 aromatic carbocycles. The predicted octanol–water partition coefficient (Wildman–Crippen LogP) is 4.67. The maximum absolute atomic E-state index is 5.99. The molecular weight excluding hydrogens is 340 g/mol. The van der Waals surface area contributed by atoms with Crippen LogP contribution in [0, 0.1) is 0 Å². The van der Waals surface area contributed by atoms with Gasteiger partial charge in [0.15, 0.2) is 0 Å². The van der Waals surface area contributed by atoms with Gasteiger partial charge in [0.1, 0.15) is 5.82 Å². The summed E-state index contributed by atoms with van der Waals surface area (Å²) in [5, 5.41) is 5.83. The number of anilines is 2. The molecule has 0 saturated carbocycles. The Morgan fingerprint density at radius 1 is 1.04 bits per heavy atom. The summed E-state index contributed by atoms with van der Waals surface area (Å²) in [5.74, 6) is 0.929. The Balaban J connectivity index is 1.88. The van der Waals surface area contributed by atoms with E-state index in [9.17, 15) is 0 Å². The van der Waals surface area contributed by atoms with Crippen molar-refractivity contribution in [1.82, 2.24) is 9.88 Å². The van der Waals surface area contributed by atoms with Crippen molar-refractivity contribution in [3.05, 3.63) is 54.6 Å². The number of aromatic nitrogens is 1. The van der Waals surface area contributed by atoms with Gasteiger partial charge in [0, 0.05) is 39.1 Å². The number of hydrogen-bond acceptors (Lipinski definition) is 5. The highest BCUT2D eigenvalue weighted by Gasteiger charge is 2.13. The number of pyridine rings is 1. The third-order valence-corrected chi connectivity index (χ3v) is 5.61. The fourth-order valence-electron chi connectivity index (χ4n) is 3.06. The first-order chi connectivity index (χ1) is 12.6. The summed E-state index contributed by atoms with van der Waals surface area (Å²) in [6, 6.07) is 18.7. The van der Waals surface area contributed by atoms with Gasteiger partial charge in [-0.15, -0.1) is 11.3 Å². The largest absolute Gasteiger partial charge is 0.399 e. The molecule has 3 N–H and O–H groups in total. The Kier molecular flexibility index (Phi) is 4.49. The molecule has 0 spiro atoms. The fourth-order valence-corrected chi connectivity index (χ4v) is 4.26. The Hall–Kier alpha value is -2.63. The molecule has 26 heavy (non-hydrogen) atoms.